The number of ether oxygens (including phenoxy) is 1. The highest BCUT2D eigenvalue weighted by atomic mass is 32.1. The summed E-state index contributed by atoms with van der Waals surface area (Å²) in [6.45, 7) is 4.49. The molecule has 7 nitrogen and oxygen atoms in total. The summed E-state index contributed by atoms with van der Waals surface area (Å²) in [5.41, 5.74) is 1.64. The molecule has 0 spiro atoms. The Morgan fingerprint density at radius 2 is 2.21 bits per heavy atom. The molecule has 1 N–H and O–H groups in total. The van der Waals surface area contributed by atoms with Gasteiger partial charge in [0, 0.05) is 24.4 Å². The van der Waals surface area contributed by atoms with Crippen LogP contribution in [0.4, 0.5) is 5.69 Å². The van der Waals surface area contributed by atoms with Gasteiger partial charge in [-0.3, -0.25) is 10.1 Å². The van der Waals surface area contributed by atoms with Gasteiger partial charge in [0.15, 0.2) is 5.11 Å². The van der Waals surface area contributed by atoms with Gasteiger partial charge in [-0.2, -0.15) is 0 Å². The van der Waals surface area contributed by atoms with Crippen molar-refractivity contribution in [3.63, 3.8) is 0 Å². The van der Waals surface area contributed by atoms with E-state index in [2.05, 4.69) is 5.32 Å². The van der Waals surface area contributed by atoms with Crippen LogP contribution in [0.5, 0.6) is 0 Å². The van der Waals surface area contributed by atoms with Crippen LogP contribution in [0, 0.1) is 10.1 Å². The number of benzene rings is 1. The molecule has 1 aliphatic heterocycles. The first-order valence-electron chi connectivity index (χ1n) is 7.52. The normalized spacial score (nSPS) is 17.5. The Bertz CT molecular complexity index is 717. The Balaban J connectivity index is 2.55. The Labute approximate surface area is 145 Å². The molecule has 0 bridgehead atoms. The molecule has 0 fully saturated rings. The average molecular weight is 349 g/mol. The van der Waals surface area contributed by atoms with E-state index in [-0.39, 0.29) is 5.69 Å². The zero-order valence-corrected chi connectivity index (χ0v) is 14.6. The van der Waals surface area contributed by atoms with E-state index in [0.717, 1.165) is 6.42 Å². The number of esters is 1. The Kier molecular flexibility index (Phi) is 5.50. The van der Waals surface area contributed by atoms with Crippen LogP contribution in [0.3, 0.4) is 0 Å². The maximum Gasteiger partial charge on any atom is 0.337 e. The summed E-state index contributed by atoms with van der Waals surface area (Å²) in [5, 5.41) is 14.6. The summed E-state index contributed by atoms with van der Waals surface area (Å²) in [7, 11) is 1.31. The molecule has 0 radical (unpaired) electrons. The summed E-state index contributed by atoms with van der Waals surface area (Å²) < 4.78 is 4.91. The quantitative estimate of drug-likeness (QED) is 0.378. The Morgan fingerprint density at radius 1 is 1.50 bits per heavy atom. The van der Waals surface area contributed by atoms with Crippen molar-refractivity contribution in [2.45, 2.75) is 26.3 Å². The minimum absolute atomic E-state index is 0.0434. The first-order valence-corrected chi connectivity index (χ1v) is 7.93. The molecule has 1 aromatic rings. The van der Waals surface area contributed by atoms with Gasteiger partial charge in [0.1, 0.15) is 0 Å². The highest BCUT2D eigenvalue weighted by molar-refractivity contribution is 7.80. The lowest BCUT2D eigenvalue weighted by Crippen LogP contribution is -2.48. The van der Waals surface area contributed by atoms with Gasteiger partial charge in [-0.15, -0.1) is 0 Å². The fourth-order valence-corrected chi connectivity index (χ4v) is 3.06. The van der Waals surface area contributed by atoms with Gasteiger partial charge in [0.25, 0.3) is 5.69 Å². The van der Waals surface area contributed by atoms with E-state index in [9.17, 15) is 14.9 Å². The lowest BCUT2D eigenvalue weighted by Gasteiger charge is -2.37. The van der Waals surface area contributed by atoms with Crippen LogP contribution >= 0.6 is 12.2 Å². The number of rotatable bonds is 5. The van der Waals surface area contributed by atoms with Crippen LogP contribution in [0.1, 0.15) is 31.9 Å². The maximum atomic E-state index is 12.3. The molecule has 0 unspecified atom stereocenters. The third-order valence-corrected chi connectivity index (χ3v) is 4.20. The summed E-state index contributed by atoms with van der Waals surface area (Å²) in [6.07, 6.45) is 0.856. The first kappa shape index (κ1) is 17.9. The van der Waals surface area contributed by atoms with Crippen LogP contribution in [-0.2, 0) is 9.53 Å². The SMILES string of the molecule is CCCN1C(=S)N[C@@H](c2cccc([N+](=O)[O-])c2)C(C(=O)OC)=C1C. The average Bonchev–Trinajstić information content (AvgIpc) is 2.57. The molecule has 8 heteroatoms. The molecule has 0 aliphatic carbocycles. The zero-order valence-electron chi connectivity index (χ0n) is 13.7. The van der Waals surface area contributed by atoms with Crippen LogP contribution in [0.15, 0.2) is 35.5 Å². The largest absolute Gasteiger partial charge is 0.466 e. The number of carbonyl (C=O) groups excluding carboxylic acids is 1. The fourth-order valence-electron chi connectivity index (χ4n) is 2.72. The van der Waals surface area contributed by atoms with E-state index >= 15 is 0 Å². The summed E-state index contributed by atoms with van der Waals surface area (Å²) >= 11 is 5.40. The van der Waals surface area contributed by atoms with E-state index in [1.807, 2.05) is 11.8 Å². The third-order valence-electron chi connectivity index (χ3n) is 3.86. The van der Waals surface area contributed by atoms with Crippen LogP contribution < -0.4 is 5.32 Å². The van der Waals surface area contributed by atoms with Crippen molar-refractivity contribution in [2.24, 2.45) is 0 Å². The second-order valence-electron chi connectivity index (χ2n) is 5.38. The van der Waals surface area contributed by atoms with Crippen molar-refractivity contribution in [3.8, 4) is 0 Å². The molecule has 1 heterocycles. The second-order valence-corrected chi connectivity index (χ2v) is 5.76. The number of hydrogen-bond donors (Lipinski definition) is 1. The van der Waals surface area contributed by atoms with E-state index in [1.165, 1.54) is 19.2 Å². The summed E-state index contributed by atoms with van der Waals surface area (Å²) in [5.74, 6) is -0.486. The monoisotopic (exact) mass is 349 g/mol. The summed E-state index contributed by atoms with van der Waals surface area (Å²) in [6, 6.07) is 5.56. The topological polar surface area (TPSA) is 84.7 Å². The highest BCUT2D eigenvalue weighted by Gasteiger charge is 2.34. The maximum absolute atomic E-state index is 12.3. The molecule has 0 saturated heterocycles. The van der Waals surface area contributed by atoms with Crippen LogP contribution in [0.2, 0.25) is 0 Å². The minimum Gasteiger partial charge on any atom is -0.466 e. The van der Waals surface area contributed by atoms with E-state index < -0.39 is 16.9 Å². The number of methoxy groups -OCH3 is 1. The molecule has 0 aromatic heterocycles. The van der Waals surface area contributed by atoms with Gasteiger partial charge in [-0.1, -0.05) is 19.1 Å². The van der Waals surface area contributed by atoms with E-state index in [0.29, 0.717) is 28.5 Å². The number of nitrogens with zero attached hydrogens (tertiary/aromatic N) is 2. The summed E-state index contributed by atoms with van der Waals surface area (Å²) in [4.78, 5) is 24.7. The Hall–Kier alpha value is -2.48. The molecule has 24 heavy (non-hydrogen) atoms. The molecule has 0 amide bonds. The van der Waals surface area contributed by atoms with Crippen molar-refractivity contribution >= 4 is 29.0 Å². The number of nitro groups is 1. The lowest BCUT2D eigenvalue weighted by atomic mass is 9.94. The van der Waals surface area contributed by atoms with Crippen molar-refractivity contribution in [1.82, 2.24) is 10.2 Å². The van der Waals surface area contributed by atoms with Gasteiger partial charge in [0.05, 0.1) is 23.6 Å². The molecule has 1 aromatic carbocycles. The van der Waals surface area contributed by atoms with E-state index in [1.54, 1.807) is 19.1 Å². The highest BCUT2D eigenvalue weighted by Crippen LogP contribution is 2.32. The van der Waals surface area contributed by atoms with Gasteiger partial charge >= 0.3 is 5.97 Å². The molecule has 1 aliphatic rings. The number of nitrogens with one attached hydrogen (secondary N) is 1. The molecular formula is C16H19N3O4S. The third kappa shape index (κ3) is 3.38. The standard InChI is InChI=1S/C16H19N3O4S/c1-4-8-18-10(2)13(15(20)23-3)14(17-16(18)24)11-6-5-7-12(9-11)19(21)22/h5-7,9,14H,4,8H2,1-3H3,(H,17,24)/t14-/m0/s1. The predicted molar refractivity (Wildman–Crippen MR) is 93.3 cm³/mol. The number of nitro benzene ring substituents is 1. The molecule has 2 rings (SSSR count). The van der Waals surface area contributed by atoms with Gasteiger partial charge < -0.3 is 15.0 Å². The number of thiocarbonyl (C=S) groups is 1. The predicted octanol–water partition coefficient (Wildman–Crippen LogP) is 2.68. The zero-order chi connectivity index (χ0) is 17.9. The van der Waals surface area contributed by atoms with Crippen molar-refractivity contribution in [2.75, 3.05) is 13.7 Å². The smallest absolute Gasteiger partial charge is 0.337 e. The molecule has 0 saturated carbocycles. The molecule has 1 atom stereocenters. The number of carbonyl (C=O) groups is 1. The van der Waals surface area contributed by atoms with Gasteiger partial charge in [-0.05, 0) is 31.1 Å². The van der Waals surface area contributed by atoms with Crippen molar-refractivity contribution in [1.29, 1.82) is 0 Å². The minimum atomic E-state index is -0.585. The number of allylic oxidation sites excluding steroid dienone is 1. The molecular weight excluding hydrogens is 330 g/mol. The lowest BCUT2D eigenvalue weighted by molar-refractivity contribution is -0.384. The van der Waals surface area contributed by atoms with Crippen molar-refractivity contribution < 1.29 is 14.5 Å². The van der Waals surface area contributed by atoms with Crippen LogP contribution in [0.25, 0.3) is 0 Å². The first-order chi connectivity index (χ1) is 11.4. The Morgan fingerprint density at radius 3 is 2.79 bits per heavy atom. The van der Waals surface area contributed by atoms with E-state index in [4.69, 9.17) is 17.0 Å². The van der Waals surface area contributed by atoms with Crippen molar-refractivity contribution in [3.05, 3.63) is 51.2 Å². The molecule has 128 valence electrons. The number of non-ortho nitro benzene ring substituents is 1. The van der Waals surface area contributed by atoms with Crippen LogP contribution in [-0.4, -0.2) is 34.6 Å². The van der Waals surface area contributed by atoms with Gasteiger partial charge in [-0.25, -0.2) is 4.79 Å². The van der Waals surface area contributed by atoms with Gasteiger partial charge in [0.2, 0.25) is 0 Å². The fraction of sp³-hybridized carbons (Fsp3) is 0.375. The number of hydrogen-bond acceptors (Lipinski definition) is 5. The second kappa shape index (κ2) is 7.39.